The molecular formula is C15H26ClN3O2S. The Labute approximate surface area is 140 Å². The molecule has 0 bridgehead atoms. The van der Waals surface area contributed by atoms with E-state index in [1.165, 1.54) is 4.31 Å². The molecule has 5 nitrogen and oxygen atoms in total. The van der Waals surface area contributed by atoms with Crippen molar-refractivity contribution in [3.05, 3.63) is 35.9 Å². The highest BCUT2D eigenvalue weighted by molar-refractivity contribution is 7.86. The Morgan fingerprint density at radius 3 is 2.36 bits per heavy atom. The minimum atomic E-state index is -3.41. The van der Waals surface area contributed by atoms with E-state index in [4.69, 9.17) is 5.73 Å². The van der Waals surface area contributed by atoms with Gasteiger partial charge in [-0.05, 0) is 31.9 Å². The lowest BCUT2D eigenvalue weighted by atomic mass is 9.89. The molecule has 0 radical (unpaired) electrons. The number of hydrogen-bond acceptors (Lipinski definition) is 3. The Bertz CT molecular complexity index is 565. The third kappa shape index (κ3) is 3.81. The smallest absolute Gasteiger partial charge is 0.281 e. The Morgan fingerprint density at radius 2 is 1.86 bits per heavy atom. The van der Waals surface area contributed by atoms with Crippen LogP contribution < -0.4 is 5.73 Å². The minimum absolute atomic E-state index is 0. The highest BCUT2D eigenvalue weighted by atomic mass is 35.5. The van der Waals surface area contributed by atoms with Gasteiger partial charge in [-0.25, -0.2) is 0 Å². The summed E-state index contributed by atoms with van der Waals surface area (Å²) >= 11 is 0. The van der Waals surface area contributed by atoms with E-state index in [1.54, 1.807) is 11.4 Å². The van der Waals surface area contributed by atoms with Gasteiger partial charge in [0.15, 0.2) is 0 Å². The van der Waals surface area contributed by atoms with Crippen LogP contribution in [0, 0.1) is 5.92 Å². The summed E-state index contributed by atoms with van der Waals surface area (Å²) in [5.41, 5.74) is 7.03. The summed E-state index contributed by atoms with van der Waals surface area (Å²) in [5.74, 6) is 0.342. The van der Waals surface area contributed by atoms with E-state index in [0.717, 1.165) is 5.56 Å². The lowest BCUT2D eigenvalue weighted by Crippen LogP contribution is -2.44. The molecule has 2 N–H and O–H groups in total. The zero-order valence-electron chi connectivity index (χ0n) is 13.3. The number of halogens is 1. The molecule has 2 rings (SSSR count). The molecule has 7 heteroatoms. The van der Waals surface area contributed by atoms with Crippen molar-refractivity contribution in [1.82, 2.24) is 8.61 Å². The van der Waals surface area contributed by atoms with Gasteiger partial charge in [0.05, 0.1) is 0 Å². The topological polar surface area (TPSA) is 66.6 Å². The lowest BCUT2D eigenvalue weighted by molar-refractivity contribution is 0.354. The molecule has 1 fully saturated rings. The molecule has 22 heavy (non-hydrogen) atoms. The summed E-state index contributed by atoms with van der Waals surface area (Å²) in [6.07, 6.45) is 0. The second-order valence-electron chi connectivity index (χ2n) is 5.95. The first-order chi connectivity index (χ1) is 9.87. The third-order valence-electron chi connectivity index (χ3n) is 4.36. The highest BCUT2D eigenvalue weighted by Gasteiger charge is 2.40. The van der Waals surface area contributed by atoms with Crippen LogP contribution in [0.5, 0.6) is 0 Å². The Morgan fingerprint density at radius 1 is 1.27 bits per heavy atom. The van der Waals surface area contributed by atoms with Crippen LogP contribution in [0.25, 0.3) is 0 Å². The van der Waals surface area contributed by atoms with Gasteiger partial charge in [0.2, 0.25) is 0 Å². The van der Waals surface area contributed by atoms with Crippen molar-refractivity contribution in [2.24, 2.45) is 11.7 Å². The first kappa shape index (κ1) is 19.4. The van der Waals surface area contributed by atoms with Crippen LogP contribution in [0.15, 0.2) is 30.3 Å². The third-order valence-corrected chi connectivity index (χ3v) is 6.46. The average molecular weight is 348 g/mol. The van der Waals surface area contributed by atoms with E-state index in [1.807, 2.05) is 32.0 Å². The zero-order chi connectivity index (χ0) is 15.6. The molecule has 0 aliphatic carbocycles. The predicted octanol–water partition coefficient (Wildman–Crippen LogP) is 1.67. The Balaban J connectivity index is 0.00000242. The van der Waals surface area contributed by atoms with Crippen molar-refractivity contribution in [2.75, 3.05) is 26.7 Å². The number of hydrogen-bond donors (Lipinski definition) is 1. The average Bonchev–Trinajstić information content (AvgIpc) is 2.92. The molecular weight excluding hydrogens is 322 g/mol. The van der Waals surface area contributed by atoms with Gasteiger partial charge in [-0.2, -0.15) is 17.0 Å². The Kier molecular flexibility index (Phi) is 6.83. The van der Waals surface area contributed by atoms with E-state index in [0.29, 0.717) is 19.6 Å². The van der Waals surface area contributed by atoms with Gasteiger partial charge >= 0.3 is 0 Å². The normalized spacial score (nSPS) is 23.0. The molecule has 0 spiro atoms. The van der Waals surface area contributed by atoms with Gasteiger partial charge in [-0.1, -0.05) is 30.3 Å². The van der Waals surface area contributed by atoms with Crippen LogP contribution in [0.2, 0.25) is 0 Å². The fourth-order valence-corrected chi connectivity index (χ4v) is 4.41. The van der Waals surface area contributed by atoms with E-state index in [2.05, 4.69) is 12.1 Å². The number of rotatable bonds is 5. The number of nitrogens with two attached hydrogens (primary N) is 1. The number of nitrogens with zero attached hydrogens (tertiary/aromatic N) is 2. The summed E-state index contributed by atoms with van der Waals surface area (Å²) in [6, 6.07) is 9.99. The number of benzene rings is 1. The van der Waals surface area contributed by atoms with E-state index in [9.17, 15) is 8.42 Å². The molecule has 1 heterocycles. The summed E-state index contributed by atoms with van der Waals surface area (Å²) in [4.78, 5) is 0. The Hall–Kier alpha value is -0.660. The lowest BCUT2D eigenvalue weighted by Gasteiger charge is -2.27. The highest BCUT2D eigenvalue weighted by Crippen LogP contribution is 2.34. The van der Waals surface area contributed by atoms with Crippen LogP contribution in [-0.4, -0.2) is 49.8 Å². The molecule has 0 amide bonds. The van der Waals surface area contributed by atoms with Crippen molar-refractivity contribution in [2.45, 2.75) is 25.8 Å². The van der Waals surface area contributed by atoms with Gasteiger partial charge in [0, 0.05) is 32.1 Å². The van der Waals surface area contributed by atoms with Crippen molar-refractivity contribution in [1.29, 1.82) is 0 Å². The van der Waals surface area contributed by atoms with Gasteiger partial charge in [-0.3, -0.25) is 0 Å². The van der Waals surface area contributed by atoms with Crippen LogP contribution in [0.3, 0.4) is 0 Å². The fourth-order valence-electron chi connectivity index (χ4n) is 2.79. The predicted molar refractivity (Wildman–Crippen MR) is 92.4 cm³/mol. The molecule has 0 unspecified atom stereocenters. The van der Waals surface area contributed by atoms with Crippen LogP contribution in [0.1, 0.15) is 25.3 Å². The molecule has 1 saturated heterocycles. The first-order valence-electron chi connectivity index (χ1n) is 7.36. The molecule has 1 aromatic carbocycles. The van der Waals surface area contributed by atoms with Crippen LogP contribution in [-0.2, 0) is 10.2 Å². The van der Waals surface area contributed by atoms with Gasteiger partial charge in [0.25, 0.3) is 10.2 Å². The summed E-state index contributed by atoms with van der Waals surface area (Å²) in [6.45, 7) is 5.25. The molecule has 1 aromatic rings. The molecule has 2 atom stereocenters. The van der Waals surface area contributed by atoms with Gasteiger partial charge < -0.3 is 5.73 Å². The molecule has 0 aromatic heterocycles. The van der Waals surface area contributed by atoms with Crippen molar-refractivity contribution < 1.29 is 8.42 Å². The largest absolute Gasteiger partial charge is 0.330 e. The fraction of sp³-hybridized carbons (Fsp3) is 0.600. The zero-order valence-corrected chi connectivity index (χ0v) is 15.0. The van der Waals surface area contributed by atoms with Gasteiger partial charge in [0.1, 0.15) is 0 Å². The summed E-state index contributed by atoms with van der Waals surface area (Å²) in [7, 11) is -1.78. The minimum Gasteiger partial charge on any atom is -0.330 e. The van der Waals surface area contributed by atoms with Crippen LogP contribution in [0.4, 0.5) is 0 Å². The SMILES string of the molecule is CC(C)N(C)S(=O)(=O)N1C[C@@H](CN)[C@H](c2ccccc2)C1.Cl. The second kappa shape index (κ2) is 7.75. The van der Waals surface area contributed by atoms with E-state index >= 15 is 0 Å². The van der Waals surface area contributed by atoms with Crippen molar-refractivity contribution >= 4 is 22.6 Å². The van der Waals surface area contributed by atoms with Crippen molar-refractivity contribution in [3.63, 3.8) is 0 Å². The molecule has 126 valence electrons. The van der Waals surface area contributed by atoms with E-state index < -0.39 is 10.2 Å². The summed E-state index contributed by atoms with van der Waals surface area (Å²) < 4.78 is 28.2. The van der Waals surface area contributed by atoms with E-state index in [-0.39, 0.29) is 30.3 Å². The molecule has 1 aliphatic heterocycles. The van der Waals surface area contributed by atoms with Crippen molar-refractivity contribution in [3.8, 4) is 0 Å². The molecule has 1 aliphatic rings. The maximum atomic E-state index is 12.6. The first-order valence-corrected chi connectivity index (χ1v) is 8.75. The van der Waals surface area contributed by atoms with Crippen LogP contribution >= 0.6 is 12.4 Å². The standard InChI is InChI=1S/C15H25N3O2S.ClH/c1-12(2)17(3)21(19,20)18-10-14(9-16)15(11-18)13-7-5-4-6-8-13;/h4-8,12,14-15H,9-11,16H2,1-3H3;1H/t14-,15+;/m1./s1. The summed E-state index contributed by atoms with van der Waals surface area (Å²) in [5, 5.41) is 0. The maximum absolute atomic E-state index is 12.6. The monoisotopic (exact) mass is 347 g/mol. The van der Waals surface area contributed by atoms with Gasteiger partial charge in [-0.15, -0.1) is 12.4 Å². The molecule has 0 saturated carbocycles. The maximum Gasteiger partial charge on any atom is 0.281 e. The quantitative estimate of drug-likeness (QED) is 0.881. The second-order valence-corrected chi connectivity index (χ2v) is 7.94.